The molecule has 0 fully saturated rings. The van der Waals surface area contributed by atoms with Crippen LogP contribution in [-0.2, 0) is 5.33 Å². The summed E-state index contributed by atoms with van der Waals surface area (Å²) in [6.45, 7) is 0. The van der Waals surface area contributed by atoms with Gasteiger partial charge in [0.05, 0.1) is 18.1 Å². The number of ether oxygens (including phenoxy) is 2. The number of nitro groups is 1. The summed E-state index contributed by atoms with van der Waals surface area (Å²) in [5.41, 5.74) is 0.666. The molecule has 1 aromatic carbocycles. The minimum atomic E-state index is -0.551. The molecule has 0 atom stereocenters. The van der Waals surface area contributed by atoms with Crippen LogP contribution < -0.4 is 9.47 Å². The highest BCUT2D eigenvalue weighted by atomic mass is 79.9. The number of aromatic nitrogens is 2. The highest BCUT2D eigenvalue weighted by Gasteiger charge is 2.18. The molecule has 0 aliphatic rings. The van der Waals surface area contributed by atoms with Crippen molar-refractivity contribution >= 4 is 21.6 Å². The molecular weight excluding hydrogens is 330 g/mol. The molecule has 0 aliphatic heterocycles. The molecule has 0 aliphatic carbocycles. The monoisotopic (exact) mass is 339 g/mol. The smallest absolute Gasteiger partial charge is 0.322 e. The highest BCUT2D eigenvalue weighted by molar-refractivity contribution is 9.08. The minimum absolute atomic E-state index is 0.0444. The van der Waals surface area contributed by atoms with Gasteiger partial charge in [-0.25, -0.2) is 9.97 Å². The van der Waals surface area contributed by atoms with Gasteiger partial charge in [-0.3, -0.25) is 10.1 Å². The van der Waals surface area contributed by atoms with Crippen LogP contribution in [0.5, 0.6) is 17.5 Å². The average Bonchev–Trinajstić information content (AvgIpc) is 2.48. The van der Waals surface area contributed by atoms with Gasteiger partial charge < -0.3 is 9.47 Å². The van der Waals surface area contributed by atoms with E-state index in [0.29, 0.717) is 11.1 Å². The van der Waals surface area contributed by atoms with Gasteiger partial charge in [-0.05, 0) is 17.7 Å². The van der Waals surface area contributed by atoms with Crippen LogP contribution in [0, 0.1) is 10.1 Å². The predicted molar refractivity (Wildman–Crippen MR) is 74.4 cm³/mol. The Morgan fingerprint density at radius 1 is 1.35 bits per heavy atom. The van der Waals surface area contributed by atoms with Crippen molar-refractivity contribution in [1.29, 1.82) is 0 Å². The molecule has 0 radical (unpaired) electrons. The van der Waals surface area contributed by atoms with E-state index in [2.05, 4.69) is 25.9 Å². The van der Waals surface area contributed by atoms with E-state index in [1.54, 1.807) is 18.5 Å². The van der Waals surface area contributed by atoms with Gasteiger partial charge in [0.15, 0.2) is 0 Å². The molecule has 104 valence electrons. The molecule has 0 saturated carbocycles. The zero-order valence-corrected chi connectivity index (χ0v) is 12.0. The molecule has 0 amide bonds. The third-order valence-electron chi connectivity index (χ3n) is 2.40. The SMILES string of the molecule is COc1ccc(Oc2ncc(CBr)cn2)c([N+](=O)[O-])c1. The number of halogens is 1. The summed E-state index contributed by atoms with van der Waals surface area (Å²) in [6, 6.07) is 4.33. The normalized spacial score (nSPS) is 10.1. The Kier molecular flexibility index (Phi) is 4.46. The van der Waals surface area contributed by atoms with Crippen LogP contribution in [0.25, 0.3) is 0 Å². The zero-order chi connectivity index (χ0) is 14.5. The molecule has 0 N–H and O–H groups in total. The number of nitro benzene ring substituents is 1. The molecule has 20 heavy (non-hydrogen) atoms. The maximum absolute atomic E-state index is 11.0. The summed E-state index contributed by atoms with van der Waals surface area (Å²) in [5.74, 6) is 0.432. The van der Waals surface area contributed by atoms with Gasteiger partial charge in [0.2, 0.25) is 5.75 Å². The summed E-state index contributed by atoms with van der Waals surface area (Å²) in [7, 11) is 1.43. The van der Waals surface area contributed by atoms with Crippen LogP contribution >= 0.6 is 15.9 Å². The largest absolute Gasteiger partial charge is 0.496 e. The van der Waals surface area contributed by atoms with Crippen LogP contribution in [0.4, 0.5) is 5.69 Å². The maximum atomic E-state index is 11.0. The number of rotatable bonds is 5. The van der Waals surface area contributed by atoms with Crippen molar-refractivity contribution in [1.82, 2.24) is 9.97 Å². The zero-order valence-electron chi connectivity index (χ0n) is 10.4. The minimum Gasteiger partial charge on any atom is -0.496 e. The van der Waals surface area contributed by atoms with E-state index < -0.39 is 4.92 Å². The fourth-order valence-electron chi connectivity index (χ4n) is 1.42. The molecule has 2 rings (SSSR count). The van der Waals surface area contributed by atoms with Crippen molar-refractivity contribution in [2.24, 2.45) is 0 Å². The lowest BCUT2D eigenvalue weighted by molar-refractivity contribution is -0.385. The van der Waals surface area contributed by atoms with Crippen LogP contribution in [0.3, 0.4) is 0 Å². The second-order valence-electron chi connectivity index (χ2n) is 3.70. The van der Waals surface area contributed by atoms with E-state index in [9.17, 15) is 10.1 Å². The van der Waals surface area contributed by atoms with E-state index in [0.717, 1.165) is 5.56 Å². The number of hydrogen-bond acceptors (Lipinski definition) is 6. The molecule has 7 nitrogen and oxygen atoms in total. The van der Waals surface area contributed by atoms with Crippen molar-refractivity contribution in [3.63, 3.8) is 0 Å². The molecule has 0 bridgehead atoms. The van der Waals surface area contributed by atoms with Crippen molar-refractivity contribution in [2.75, 3.05) is 7.11 Å². The topological polar surface area (TPSA) is 87.4 Å². The first kappa shape index (κ1) is 14.2. The van der Waals surface area contributed by atoms with Gasteiger partial charge >= 0.3 is 11.7 Å². The first-order valence-corrected chi connectivity index (χ1v) is 6.63. The van der Waals surface area contributed by atoms with Crippen molar-refractivity contribution in [3.8, 4) is 17.5 Å². The molecular formula is C12H10BrN3O4. The highest BCUT2D eigenvalue weighted by Crippen LogP contribution is 2.33. The van der Waals surface area contributed by atoms with Gasteiger partial charge in [0, 0.05) is 17.7 Å². The van der Waals surface area contributed by atoms with Gasteiger partial charge in [0.25, 0.3) is 0 Å². The summed E-state index contributed by atoms with van der Waals surface area (Å²) in [4.78, 5) is 18.4. The Labute approximate surface area is 122 Å². The van der Waals surface area contributed by atoms with Crippen LogP contribution in [-0.4, -0.2) is 22.0 Å². The molecule has 2 aromatic rings. The number of methoxy groups -OCH3 is 1. The fourth-order valence-corrected chi connectivity index (χ4v) is 1.71. The Morgan fingerprint density at radius 3 is 2.60 bits per heavy atom. The third kappa shape index (κ3) is 3.21. The standard InChI is InChI=1S/C12H10BrN3O4/c1-19-9-2-3-11(10(4-9)16(17)18)20-12-14-6-8(5-13)7-15-12/h2-4,6-7H,5H2,1H3. The Morgan fingerprint density at radius 2 is 2.05 bits per heavy atom. The summed E-state index contributed by atoms with van der Waals surface area (Å²) in [5, 5.41) is 11.6. The van der Waals surface area contributed by atoms with Crippen molar-refractivity contribution in [3.05, 3.63) is 46.3 Å². The Balaban J connectivity index is 2.29. The van der Waals surface area contributed by atoms with E-state index in [4.69, 9.17) is 9.47 Å². The quantitative estimate of drug-likeness (QED) is 0.472. The van der Waals surface area contributed by atoms with E-state index >= 15 is 0 Å². The summed E-state index contributed by atoms with van der Waals surface area (Å²) in [6.07, 6.45) is 3.15. The molecule has 0 saturated heterocycles. The first-order valence-electron chi connectivity index (χ1n) is 5.51. The van der Waals surface area contributed by atoms with Crippen LogP contribution in [0.15, 0.2) is 30.6 Å². The van der Waals surface area contributed by atoms with E-state index in [1.807, 2.05) is 0 Å². The van der Waals surface area contributed by atoms with Gasteiger partial charge in [-0.2, -0.15) is 0 Å². The predicted octanol–water partition coefficient (Wildman–Crippen LogP) is 3.08. The lowest BCUT2D eigenvalue weighted by Crippen LogP contribution is -1.97. The van der Waals surface area contributed by atoms with Gasteiger partial charge in [-0.15, -0.1) is 0 Å². The van der Waals surface area contributed by atoms with Crippen LogP contribution in [0.2, 0.25) is 0 Å². The fraction of sp³-hybridized carbons (Fsp3) is 0.167. The second kappa shape index (κ2) is 6.29. The number of hydrogen-bond donors (Lipinski definition) is 0. The Hall–Kier alpha value is -2.22. The lowest BCUT2D eigenvalue weighted by atomic mass is 10.3. The molecule has 0 unspecified atom stereocenters. The molecule has 8 heteroatoms. The third-order valence-corrected chi connectivity index (χ3v) is 3.05. The molecule has 0 spiro atoms. The summed E-state index contributed by atoms with van der Waals surface area (Å²) >= 11 is 3.27. The van der Waals surface area contributed by atoms with Gasteiger partial charge in [-0.1, -0.05) is 15.9 Å². The van der Waals surface area contributed by atoms with Crippen LogP contribution in [0.1, 0.15) is 5.56 Å². The van der Waals surface area contributed by atoms with Crippen molar-refractivity contribution in [2.45, 2.75) is 5.33 Å². The molecule has 1 aromatic heterocycles. The van der Waals surface area contributed by atoms with E-state index in [-0.39, 0.29) is 17.4 Å². The average molecular weight is 340 g/mol. The number of benzene rings is 1. The second-order valence-corrected chi connectivity index (χ2v) is 4.26. The summed E-state index contributed by atoms with van der Waals surface area (Å²) < 4.78 is 10.3. The number of nitrogens with zero attached hydrogens (tertiary/aromatic N) is 3. The lowest BCUT2D eigenvalue weighted by Gasteiger charge is -2.06. The Bertz CT molecular complexity index is 619. The van der Waals surface area contributed by atoms with Gasteiger partial charge in [0.1, 0.15) is 5.75 Å². The molecule has 1 heterocycles. The van der Waals surface area contributed by atoms with Crippen molar-refractivity contribution < 1.29 is 14.4 Å². The van der Waals surface area contributed by atoms with E-state index in [1.165, 1.54) is 19.2 Å². The number of alkyl halides is 1. The maximum Gasteiger partial charge on any atom is 0.322 e. The first-order chi connectivity index (χ1) is 9.63.